The lowest BCUT2D eigenvalue weighted by molar-refractivity contribution is 0.121. The highest BCUT2D eigenvalue weighted by Gasteiger charge is 2.25. The van der Waals surface area contributed by atoms with Crippen LogP contribution in [-0.4, -0.2) is 68.0 Å². The third-order valence-electron chi connectivity index (χ3n) is 5.62. The SMILES string of the molecule is N#Cc1cnc(N[C@H]2CC[C@@H](Oc3nc(N4CCOCC4)cc4ncnn34)CC2)nc1. The third-order valence-corrected chi connectivity index (χ3v) is 5.62. The summed E-state index contributed by atoms with van der Waals surface area (Å²) in [5.74, 6) is 1.39. The van der Waals surface area contributed by atoms with Crippen LogP contribution in [0.1, 0.15) is 31.2 Å². The molecule has 1 saturated heterocycles. The molecule has 0 radical (unpaired) electrons. The van der Waals surface area contributed by atoms with Crippen molar-refractivity contribution in [2.45, 2.75) is 37.8 Å². The fourth-order valence-electron chi connectivity index (χ4n) is 3.94. The molecule has 0 atom stereocenters. The lowest BCUT2D eigenvalue weighted by Gasteiger charge is -2.30. The largest absolute Gasteiger partial charge is 0.460 e. The number of nitrogens with one attached hydrogen (secondary N) is 1. The van der Waals surface area contributed by atoms with Crippen LogP contribution in [0.3, 0.4) is 0 Å². The first-order valence-corrected chi connectivity index (χ1v) is 10.5. The van der Waals surface area contributed by atoms with Crippen LogP contribution in [0.4, 0.5) is 11.8 Å². The minimum absolute atomic E-state index is 0.0553. The van der Waals surface area contributed by atoms with Gasteiger partial charge in [0, 0.05) is 25.2 Å². The minimum Gasteiger partial charge on any atom is -0.460 e. The molecule has 160 valence electrons. The molecule has 0 bridgehead atoms. The van der Waals surface area contributed by atoms with Crippen molar-refractivity contribution in [2.75, 3.05) is 36.5 Å². The Morgan fingerprint density at radius 2 is 1.87 bits per heavy atom. The number of nitrogens with zero attached hydrogens (tertiary/aromatic N) is 8. The van der Waals surface area contributed by atoms with Crippen LogP contribution in [0.15, 0.2) is 24.8 Å². The van der Waals surface area contributed by atoms with Gasteiger partial charge < -0.3 is 19.7 Å². The zero-order chi connectivity index (χ0) is 21.0. The molecule has 3 aromatic rings. The van der Waals surface area contributed by atoms with Gasteiger partial charge in [0.25, 0.3) is 0 Å². The molecule has 0 spiro atoms. The normalized spacial score (nSPS) is 21.6. The van der Waals surface area contributed by atoms with Crippen molar-refractivity contribution in [3.05, 3.63) is 30.4 Å². The second-order valence-electron chi connectivity index (χ2n) is 7.67. The predicted octanol–water partition coefficient (Wildman–Crippen LogP) is 1.42. The van der Waals surface area contributed by atoms with Gasteiger partial charge in [0.05, 0.1) is 31.2 Å². The zero-order valence-electron chi connectivity index (χ0n) is 17.0. The van der Waals surface area contributed by atoms with E-state index in [9.17, 15) is 0 Å². The minimum atomic E-state index is 0.0553. The monoisotopic (exact) mass is 421 g/mol. The Bertz CT molecular complexity index is 1060. The van der Waals surface area contributed by atoms with Crippen molar-refractivity contribution in [1.82, 2.24) is 29.5 Å². The zero-order valence-corrected chi connectivity index (χ0v) is 17.0. The molecule has 11 heteroatoms. The Morgan fingerprint density at radius 3 is 2.61 bits per heavy atom. The first kappa shape index (κ1) is 19.4. The van der Waals surface area contributed by atoms with Crippen molar-refractivity contribution in [2.24, 2.45) is 0 Å². The van der Waals surface area contributed by atoms with Gasteiger partial charge in [0.15, 0.2) is 5.65 Å². The lowest BCUT2D eigenvalue weighted by atomic mass is 9.93. The van der Waals surface area contributed by atoms with Crippen molar-refractivity contribution in [3.63, 3.8) is 0 Å². The molecule has 0 unspecified atom stereocenters. The van der Waals surface area contributed by atoms with E-state index in [1.54, 1.807) is 4.52 Å². The van der Waals surface area contributed by atoms with Gasteiger partial charge >= 0.3 is 6.01 Å². The van der Waals surface area contributed by atoms with E-state index in [1.807, 2.05) is 12.1 Å². The van der Waals surface area contributed by atoms with E-state index in [0.29, 0.717) is 30.7 Å². The highest BCUT2D eigenvalue weighted by Crippen LogP contribution is 2.26. The van der Waals surface area contributed by atoms with Gasteiger partial charge in [0.2, 0.25) is 5.95 Å². The van der Waals surface area contributed by atoms with Crippen LogP contribution in [-0.2, 0) is 4.74 Å². The summed E-state index contributed by atoms with van der Waals surface area (Å²) < 4.78 is 13.4. The number of anilines is 2. The summed E-state index contributed by atoms with van der Waals surface area (Å²) in [5.41, 5.74) is 1.17. The summed E-state index contributed by atoms with van der Waals surface area (Å²) >= 11 is 0. The van der Waals surface area contributed by atoms with Gasteiger partial charge in [-0.2, -0.15) is 19.9 Å². The van der Waals surface area contributed by atoms with Crippen LogP contribution in [0.5, 0.6) is 6.01 Å². The van der Waals surface area contributed by atoms with Crippen LogP contribution >= 0.6 is 0 Å². The quantitative estimate of drug-likeness (QED) is 0.646. The van der Waals surface area contributed by atoms with Gasteiger partial charge in [-0.25, -0.2) is 15.0 Å². The number of nitriles is 1. The van der Waals surface area contributed by atoms with Crippen LogP contribution < -0.4 is 15.0 Å². The maximum absolute atomic E-state index is 8.86. The van der Waals surface area contributed by atoms with E-state index in [0.717, 1.165) is 50.2 Å². The van der Waals surface area contributed by atoms with E-state index < -0.39 is 0 Å². The molecule has 5 rings (SSSR count). The highest BCUT2D eigenvalue weighted by atomic mass is 16.5. The number of rotatable bonds is 5. The van der Waals surface area contributed by atoms with Gasteiger partial charge in [-0.15, -0.1) is 0 Å². The summed E-state index contributed by atoms with van der Waals surface area (Å²) in [6.07, 6.45) is 8.25. The van der Waals surface area contributed by atoms with Crippen LogP contribution in [0.25, 0.3) is 5.65 Å². The Balaban J connectivity index is 1.23. The van der Waals surface area contributed by atoms with Gasteiger partial charge in [0.1, 0.15) is 24.3 Å². The number of hydrogen-bond donors (Lipinski definition) is 1. The molecule has 0 amide bonds. The van der Waals surface area contributed by atoms with Crippen molar-refractivity contribution in [3.8, 4) is 12.1 Å². The predicted molar refractivity (Wildman–Crippen MR) is 111 cm³/mol. The fraction of sp³-hybridized carbons (Fsp3) is 0.500. The van der Waals surface area contributed by atoms with Crippen molar-refractivity contribution in [1.29, 1.82) is 5.26 Å². The summed E-state index contributed by atoms with van der Waals surface area (Å²) in [6, 6.07) is 4.71. The first-order chi connectivity index (χ1) is 15.3. The van der Waals surface area contributed by atoms with E-state index in [-0.39, 0.29) is 12.1 Å². The molecular weight excluding hydrogens is 398 g/mol. The molecule has 1 aliphatic carbocycles. The van der Waals surface area contributed by atoms with Gasteiger partial charge in [-0.05, 0) is 25.7 Å². The molecule has 31 heavy (non-hydrogen) atoms. The fourth-order valence-corrected chi connectivity index (χ4v) is 3.94. The average Bonchev–Trinajstić information content (AvgIpc) is 3.31. The highest BCUT2D eigenvalue weighted by molar-refractivity contribution is 5.52. The Labute approximate surface area is 179 Å². The standard InChI is InChI=1S/C20H23N9O2/c21-10-14-11-22-19(23-12-14)26-15-1-3-16(4-2-15)31-20-27-18(28-5-7-30-8-6-28)9-17-24-13-25-29(17)20/h9,11-13,15-16H,1-8H2,(H,22,23,26)/t15-,16+. The van der Waals surface area contributed by atoms with E-state index in [4.69, 9.17) is 19.7 Å². The summed E-state index contributed by atoms with van der Waals surface area (Å²) in [5, 5.41) is 16.5. The van der Waals surface area contributed by atoms with Gasteiger partial charge in [-0.3, -0.25) is 0 Å². The Morgan fingerprint density at radius 1 is 1.10 bits per heavy atom. The number of ether oxygens (including phenoxy) is 2. The number of aromatic nitrogens is 6. The van der Waals surface area contributed by atoms with E-state index in [2.05, 4.69) is 30.3 Å². The van der Waals surface area contributed by atoms with E-state index >= 15 is 0 Å². The first-order valence-electron chi connectivity index (χ1n) is 10.5. The number of fused-ring (bicyclic) bond motifs is 1. The van der Waals surface area contributed by atoms with Gasteiger partial charge in [-0.1, -0.05) is 0 Å². The topological polar surface area (TPSA) is 126 Å². The van der Waals surface area contributed by atoms with Crippen LogP contribution in [0.2, 0.25) is 0 Å². The maximum Gasteiger partial charge on any atom is 0.321 e. The van der Waals surface area contributed by atoms with Crippen molar-refractivity contribution >= 4 is 17.4 Å². The maximum atomic E-state index is 8.86. The van der Waals surface area contributed by atoms with E-state index in [1.165, 1.54) is 18.7 Å². The molecule has 1 aliphatic heterocycles. The molecule has 4 heterocycles. The lowest BCUT2D eigenvalue weighted by Crippen LogP contribution is -2.37. The Hall–Kier alpha value is -3.52. The second kappa shape index (κ2) is 8.69. The molecule has 2 fully saturated rings. The number of hydrogen-bond acceptors (Lipinski definition) is 10. The summed E-state index contributed by atoms with van der Waals surface area (Å²) in [4.78, 5) is 19.6. The summed E-state index contributed by atoms with van der Waals surface area (Å²) in [7, 11) is 0. The summed E-state index contributed by atoms with van der Waals surface area (Å²) in [6.45, 7) is 2.97. The van der Waals surface area contributed by atoms with Crippen LogP contribution in [0, 0.1) is 11.3 Å². The molecule has 1 N–H and O–H groups in total. The molecular formula is C20H23N9O2. The number of morpholine rings is 1. The molecule has 3 aromatic heterocycles. The average molecular weight is 421 g/mol. The molecule has 0 aromatic carbocycles. The molecule has 11 nitrogen and oxygen atoms in total. The third kappa shape index (κ3) is 4.34. The smallest absolute Gasteiger partial charge is 0.321 e. The molecule has 2 aliphatic rings. The molecule has 1 saturated carbocycles. The Kier molecular flexibility index (Phi) is 5.45. The van der Waals surface area contributed by atoms with Crippen molar-refractivity contribution < 1.29 is 9.47 Å². The second-order valence-corrected chi connectivity index (χ2v) is 7.67.